The molecule has 0 saturated heterocycles. The second-order valence-electron chi connectivity index (χ2n) is 6.94. The minimum Gasteiger partial charge on any atom is -0.353 e. The first-order valence-electron chi connectivity index (χ1n) is 9.50. The Bertz CT molecular complexity index is 1150. The maximum atomic E-state index is 13.0. The minimum absolute atomic E-state index is 0.339. The number of hydrogen-bond acceptors (Lipinski definition) is 5. The van der Waals surface area contributed by atoms with Crippen molar-refractivity contribution in [2.24, 2.45) is 0 Å². The molecule has 0 saturated carbocycles. The lowest BCUT2D eigenvalue weighted by molar-refractivity contribution is -0.137. The second-order valence-corrected chi connectivity index (χ2v) is 6.94. The standard InChI is InChI=1S/C23H18F3N5/c1-31(15-16-7-3-2-4-8-16)22-20(17-10-12-18(13-11-17)23(24,25)26)29-30-21(28-22)19-9-5-6-14-27-19/h2-14H,15H2,1H3. The molecular weight excluding hydrogens is 403 g/mol. The van der Waals surface area contributed by atoms with E-state index in [0.717, 1.165) is 17.7 Å². The van der Waals surface area contributed by atoms with Gasteiger partial charge in [-0.3, -0.25) is 4.98 Å². The smallest absolute Gasteiger partial charge is 0.353 e. The van der Waals surface area contributed by atoms with Crippen LogP contribution in [0.1, 0.15) is 11.1 Å². The van der Waals surface area contributed by atoms with Crippen molar-refractivity contribution >= 4 is 5.82 Å². The third-order valence-electron chi connectivity index (χ3n) is 4.67. The highest BCUT2D eigenvalue weighted by Crippen LogP contribution is 2.33. The van der Waals surface area contributed by atoms with E-state index < -0.39 is 11.7 Å². The van der Waals surface area contributed by atoms with Crippen molar-refractivity contribution in [2.45, 2.75) is 12.7 Å². The number of alkyl halides is 3. The molecule has 2 aromatic carbocycles. The molecule has 31 heavy (non-hydrogen) atoms. The van der Waals surface area contributed by atoms with Gasteiger partial charge in [0.2, 0.25) is 5.82 Å². The molecule has 156 valence electrons. The Kier molecular flexibility index (Phi) is 5.62. The molecule has 0 N–H and O–H groups in total. The molecule has 2 heterocycles. The predicted molar refractivity (Wildman–Crippen MR) is 112 cm³/mol. The van der Waals surface area contributed by atoms with Crippen LogP contribution in [0.5, 0.6) is 0 Å². The summed E-state index contributed by atoms with van der Waals surface area (Å²) < 4.78 is 38.9. The molecule has 0 unspecified atom stereocenters. The first-order chi connectivity index (χ1) is 14.9. The summed E-state index contributed by atoms with van der Waals surface area (Å²) in [7, 11) is 1.85. The number of pyridine rings is 1. The van der Waals surface area contributed by atoms with Crippen LogP contribution in [0, 0.1) is 0 Å². The van der Waals surface area contributed by atoms with Crippen molar-refractivity contribution in [2.75, 3.05) is 11.9 Å². The topological polar surface area (TPSA) is 54.8 Å². The highest BCUT2D eigenvalue weighted by atomic mass is 19.4. The van der Waals surface area contributed by atoms with Crippen LogP contribution >= 0.6 is 0 Å². The van der Waals surface area contributed by atoms with Gasteiger partial charge in [0.05, 0.1) is 5.56 Å². The van der Waals surface area contributed by atoms with Crippen LogP contribution in [0.4, 0.5) is 19.0 Å². The fourth-order valence-electron chi connectivity index (χ4n) is 3.12. The Labute approximate surface area is 177 Å². The van der Waals surface area contributed by atoms with Gasteiger partial charge < -0.3 is 4.90 Å². The van der Waals surface area contributed by atoms with Gasteiger partial charge in [0.1, 0.15) is 11.4 Å². The van der Waals surface area contributed by atoms with E-state index in [1.807, 2.05) is 48.3 Å². The number of halogens is 3. The van der Waals surface area contributed by atoms with E-state index in [1.54, 1.807) is 18.3 Å². The number of rotatable bonds is 5. The van der Waals surface area contributed by atoms with Crippen LogP contribution in [-0.2, 0) is 12.7 Å². The first kappa shape index (κ1) is 20.5. The zero-order valence-corrected chi connectivity index (χ0v) is 16.6. The maximum absolute atomic E-state index is 13.0. The molecule has 0 aliphatic heterocycles. The van der Waals surface area contributed by atoms with Gasteiger partial charge in [-0.25, -0.2) is 4.98 Å². The van der Waals surface area contributed by atoms with E-state index in [2.05, 4.69) is 20.2 Å². The Morgan fingerprint density at radius 1 is 0.839 bits per heavy atom. The van der Waals surface area contributed by atoms with Gasteiger partial charge in [-0.2, -0.15) is 13.2 Å². The van der Waals surface area contributed by atoms with Gasteiger partial charge >= 0.3 is 6.18 Å². The Morgan fingerprint density at radius 3 is 2.19 bits per heavy atom. The van der Waals surface area contributed by atoms with Gasteiger partial charge in [-0.05, 0) is 29.8 Å². The Balaban J connectivity index is 1.76. The van der Waals surface area contributed by atoms with E-state index in [-0.39, 0.29) is 0 Å². The lowest BCUT2D eigenvalue weighted by atomic mass is 10.1. The van der Waals surface area contributed by atoms with Crippen molar-refractivity contribution in [3.05, 3.63) is 90.1 Å². The minimum atomic E-state index is -4.40. The summed E-state index contributed by atoms with van der Waals surface area (Å²) in [5, 5.41) is 8.48. The second kappa shape index (κ2) is 8.51. The molecule has 5 nitrogen and oxygen atoms in total. The lowest BCUT2D eigenvalue weighted by Gasteiger charge is -2.21. The average molecular weight is 421 g/mol. The van der Waals surface area contributed by atoms with Crippen molar-refractivity contribution in [1.29, 1.82) is 0 Å². The zero-order chi connectivity index (χ0) is 21.8. The normalized spacial score (nSPS) is 11.4. The quantitative estimate of drug-likeness (QED) is 0.440. The third kappa shape index (κ3) is 4.69. The molecule has 4 rings (SSSR count). The molecule has 8 heteroatoms. The number of hydrogen-bond donors (Lipinski definition) is 0. The van der Waals surface area contributed by atoms with Gasteiger partial charge in [-0.1, -0.05) is 48.5 Å². The summed E-state index contributed by atoms with van der Waals surface area (Å²) in [6.07, 6.45) is -2.77. The van der Waals surface area contributed by atoms with Gasteiger partial charge in [0.25, 0.3) is 0 Å². The maximum Gasteiger partial charge on any atom is 0.416 e. The van der Waals surface area contributed by atoms with E-state index in [9.17, 15) is 13.2 Å². The van der Waals surface area contributed by atoms with Gasteiger partial charge in [0, 0.05) is 25.4 Å². The number of aromatic nitrogens is 4. The summed E-state index contributed by atoms with van der Waals surface area (Å²) in [4.78, 5) is 10.8. The van der Waals surface area contributed by atoms with E-state index in [1.165, 1.54) is 12.1 Å². The highest BCUT2D eigenvalue weighted by Gasteiger charge is 2.30. The molecule has 0 aliphatic carbocycles. The van der Waals surface area contributed by atoms with Crippen molar-refractivity contribution < 1.29 is 13.2 Å². The van der Waals surface area contributed by atoms with Gasteiger partial charge in [-0.15, -0.1) is 10.2 Å². The van der Waals surface area contributed by atoms with Crippen LogP contribution in [0.2, 0.25) is 0 Å². The van der Waals surface area contributed by atoms with Crippen molar-refractivity contribution in [3.63, 3.8) is 0 Å². The molecule has 0 fully saturated rings. The monoisotopic (exact) mass is 421 g/mol. The first-order valence-corrected chi connectivity index (χ1v) is 9.50. The van der Waals surface area contributed by atoms with E-state index in [0.29, 0.717) is 35.1 Å². The van der Waals surface area contributed by atoms with E-state index in [4.69, 9.17) is 0 Å². The summed E-state index contributed by atoms with van der Waals surface area (Å²) in [5.74, 6) is 0.838. The SMILES string of the molecule is CN(Cc1ccccc1)c1nc(-c2ccccn2)nnc1-c1ccc(C(F)(F)F)cc1. The third-order valence-corrected chi connectivity index (χ3v) is 4.67. The fourth-order valence-corrected chi connectivity index (χ4v) is 3.12. The molecule has 0 amide bonds. The lowest BCUT2D eigenvalue weighted by Crippen LogP contribution is -2.20. The number of benzene rings is 2. The number of anilines is 1. The highest BCUT2D eigenvalue weighted by molar-refractivity contribution is 5.73. The molecule has 2 aromatic heterocycles. The van der Waals surface area contributed by atoms with Crippen LogP contribution in [0.3, 0.4) is 0 Å². The largest absolute Gasteiger partial charge is 0.416 e. The van der Waals surface area contributed by atoms with Gasteiger partial charge in [0.15, 0.2) is 5.82 Å². The summed E-state index contributed by atoms with van der Waals surface area (Å²) in [6, 6.07) is 20.0. The van der Waals surface area contributed by atoms with Crippen LogP contribution in [0.25, 0.3) is 22.8 Å². The summed E-state index contributed by atoms with van der Waals surface area (Å²) in [5.41, 5.74) is 1.79. The fraction of sp³-hybridized carbons (Fsp3) is 0.130. The molecule has 0 aliphatic rings. The molecule has 0 atom stereocenters. The molecule has 0 spiro atoms. The molecule has 0 bridgehead atoms. The average Bonchev–Trinajstić information content (AvgIpc) is 2.79. The molecular formula is C23H18F3N5. The Hall–Kier alpha value is -3.81. The molecule has 0 radical (unpaired) electrons. The Morgan fingerprint density at radius 2 is 1.55 bits per heavy atom. The zero-order valence-electron chi connectivity index (χ0n) is 16.6. The number of nitrogens with zero attached hydrogens (tertiary/aromatic N) is 5. The van der Waals surface area contributed by atoms with Crippen LogP contribution < -0.4 is 4.90 Å². The van der Waals surface area contributed by atoms with Crippen molar-refractivity contribution in [3.8, 4) is 22.8 Å². The van der Waals surface area contributed by atoms with Crippen molar-refractivity contribution in [1.82, 2.24) is 20.2 Å². The van der Waals surface area contributed by atoms with Crippen LogP contribution in [-0.4, -0.2) is 27.2 Å². The van der Waals surface area contributed by atoms with Crippen LogP contribution in [0.15, 0.2) is 79.0 Å². The summed E-state index contributed by atoms with van der Waals surface area (Å²) in [6.45, 7) is 0.537. The predicted octanol–water partition coefficient (Wildman–Crippen LogP) is 5.26. The van der Waals surface area contributed by atoms with E-state index >= 15 is 0 Å². The molecule has 4 aromatic rings. The summed E-state index contributed by atoms with van der Waals surface area (Å²) >= 11 is 0.